The molecule has 1 N–H and O–H groups in total. The highest BCUT2D eigenvalue weighted by atomic mass is 16.5. The summed E-state index contributed by atoms with van der Waals surface area (Å²) in [5.41, 5.74) is 0.872. The van der Waals surface area contributed by atoms with E-state index in [0.717, 1.165) is 5.56 Å². The molecule has 0 bridgehead atoms. The molecule has 0 radical (unpaired) electrons. The normalized spacial score (nSPS) is 9.95. The van der Waals surface area contributed by atoms with E-state index in [4.69, 9.17) is 9.84 Å². The van der Waals surface area contributed by atoms with Crippen LogP contribution in [0.3, 0.4) is 0 Å². The first-order chi connectivity index (χ1) is 9.49. The van der Waals surface area contributed by atoms with Crippen molar-refractivity contribution in [3.05, 3.63) is 29.8 Å². The van der Waals surface area contributed by atoms with Gasteiger partial charge in [0.25, 0.3) is 0 Å². The molecule has 0 spiro atoms. The molecule has 0 heterocycles. The van der Waals surface area contributed by atoms with Crippen molar-refractivity contribution in [2.75, 3.05) is 27.2 Å². The van der Waals surface area contributed by atoms with E-state index in [0.29, 0.717) is 18.8 Å². The summed E-state index contributed by atoms with van der Waals surface area (Å²) in [6, 6.07) is 7.09. The average molecular weight is 280 g/mol. The summed E-state index contributed by atoms with van der Waals surface area (Å²) in [4.78, 5) is 25.6. The predicted octanol–water partition coefficient (Wildman–Crippen LogP) is 1.65. The lowest BCUT2D eigenvalue weighted by atomic mass is 10.2. The maximum absolute atomic E-state index is 12.2. The molecule has 0 aliphatic rings. The number of rotatable bonds is 6. The molecule has 0 aliphatic carbocycles. The number of ether oxygens (including phenoxy) is 1. The van der Waals surface area contributed by atoms with Gasteiger partial charge in [-0.05, 0) is 13.0 Å². The molecule has 6 heteroatoms. The maximum atomic E-state index is 12.2. The summed E-state index contributed by atoms with van der Waals surface area (Å²) in [7, 11) is 3.21. The molecule has 0 saturated carbocycles. The van der Waals surface area contributed by atoms with Crippen LogP contribution in [0.15, 0.2) is 24.3 Å². The predicted molar refractivity (Wildman–Crippen MR) is 74.7 cm³/mol. The number of carboxylic acids is 1. The Morgan fingerprint density at radius 1 is 1.30 bits per heavy atom. The van der Waals surface area contributed by atoms with E-state index >= 15 is 0 Å². The van der Waals surface area contributed by atoms with Gasteiger partial charge in [0.1, 0.15) is 12.3 Å². The zero-order valence-corrected chi connectivity index (χ0v) is 12.0. The monoisotopic (exact) mass is 280 g/mol. The zero-order chi connectivity index (χ0) is 15.1. The fourth-order valence-electron chi connectivity index (χ4n) is 1.88. The number of carbonyl (C=O) groups is 2. The van der Waals surface area contributed by atoms with Gasteiger partial charge in [-0.25, -0.2) is 4.79 Å². The first-order valence-electron chi connectivity index (χ1n) is 6.33. The van der Waals surface area contributed by atoms with E-state index in [1.807, 2.05) is 24.3 Å². The topological polar surface area (TPSA) is 70.1 Å². The highest BCUT2D eigenvalue weighted by Crippen LogP contribution is 2.19. The summed E-state index contributed by atoms with van der Waals surface area (Å²) in [6.07, 6.45) is 0. The fraction of sp³-hybridized carbons (Fsp3) is 0.429. The molecule has 6 nitrogen and oxygen atoms in total. The summed E-state index contributed by atoms with van der Waals surface area (Å²) in [6.45, 7) is 2.16. The van der Waals surface area contributed by atoms with Crippen LogP contribution < -0.4 is 4.74 Å². The van der Waals surface area contributed by atoms with Gasteiger partial charge in [-0.3, -0.25) is 4.79 Å². The second-order valence-corrected chi connectivity index (χ2v) is 4.36. The van der Waals surface area contributed by atoms with E-state index in [9.17, 15) is 9.59 Å². The number of benzene rings is 1. The summed E-state index contributed by atoms with van der Waals surface area (Å²) in [5, 5.41) is 8.79. The van der Waals surface area contributed by atoms with Crippen LogP contribution >= 0.6 is 0 Å². The lowest BCUT2D eigenvalue weighted by Crippen LogP contribution is -2.43. The van der Waals surface area contributed by atoms with Crippen molar-refractivity contribution in [2.45, 2.75) is 13.5 Å². The van der Waals surface area contributed by atoms with Gasteiger partial charge in [-0.2, -0.15) is 0 Å². The van der Waals surface area contributed by atoms with Crippen LogP contribution in [-0.4, -0.2) is 54.2 Å². The standard InChI is InChI=1S/C14H20N2O4/c1-4-16(10-13(17)18)14(19)15(2)9-11-7-5-6-8-12(11)20-3/h5-8H,4,9-10H2,1-3H3,(H,17,18). The molecule has 0 atom stereocenters. The van der Waals surface area contributed by atoms with Crippen molar-refractivity contribution in [3.8, 4) is 5.75 Å². The molecular formula is C14H20N2O4. The van der Waals surface area contributed by atoms with Crippen molar-refractivity contribution in [1.82, 2.24) is 9.80 Å². The van der Waals surface area contributed by atoms with Crippen LogP contribution in [0.4, 0.5) is 4.79 Å². The quantitative estimate of drug-likeness (QED) is 0.860. The van der Waals surface area contributed by atoms with Crippen LogP contribution in [0.2, 0.25) is 0 Å². The van der Waals surface area contributed by atoms with Crippen molar-refractivity contribution in [3.63, 3.8) is 0 Å². The largest absolute Gasteiger partial charge is 0.496 e. The number of hydrogen-bond acceptors (Lipinski definition) is 3. The van der Waals surface area contributed by atoms with Crippen LogP contribution in [-0.2, 0) is 11.3 Å². The maximum Gasteiger partial charge on any atom is 0.323 e. The lowest BCUT2D eigenvalue weighted by Gasteiger charge is -2.26. The Morgan fingerprint density at radius 2 is 1.95 bits per heavy atom. The fourth-order valence-corrected chi connectivity index (χ4v) is 1.88. The second kappa shape index (κ2) is 7.37. The van der Waals surface area contributed by atoms with Crippen LogP contribution in [0.25, 0.3) is 0 Å². The number of carbonyl (C=O) groups excluding carboxylic acids is 1. The van der Waals surface area contributed by atoms with E-state index in [2.05, 4.69) is 0 Å². The SMILES string of the molecule is CCN(CC(=O)O)C(=O)N(C)Cc1ccccc1OC. The molecular weight excluding hydrogens is 260 g/mol. The molecule has 0 saturated heterocycles. The van der Waals surface area contributed by atoms with Crippen molar-refractivity contribution < 1.29 is 19.4 Å². The van der Waals surface area contributed by atoms with E-state index in [-0.39, 0.29) is 12.6 Å². The molecule has 0 unspecified atom stereocenters. The number of urea groups is 1. The number of likely N-dealkylation sites (N-methyl/N-ethyl adjacent to an activating group) is 1. The lowest BCUT2D eigenvalue weighted by molar-refractivity contribution is -0.137. The minimum atomic E-state index is -1.02. The number of methoxy groups -OCH3 is 1. The Kier molecular flexibility index (Phi) is 5.83. The highest BCUT2D eigenvalue weighted by Gasteiger charge is 2.19. The number of nitrogens with zero attached hydrogens (tertiary/aromatic N) is 2. The third kappa shape index (κ3) is 4.15. The Hall–Kier alpha value is -2.24. The molecule has 1 rings (SSSR count). The van der Waals surface area contributed by atoms with Gasteiger partial charge in [0.15, 0.2) is 0 Å². The summed E-state index contributed by atoms with van der Waals surface area (Å²) in [5.74, 6) is -0.320. The Balaban J connectivity index is 2.76. The van der Waals surface area contributed by atoms with Gasteiger partial charge in [-0.1, -0.05) is 18.2 Å². The molecule has 110 valence electrons. The summed E-state index contributed by atoms with van der Waals surface area (Å²) >= 11 is 0. The highest BCUT2D eigenvalue weighted by molar-refractivity contribution is 5.80. The minimum Gasteiger partial charge on any atom is -0.496 e. The molecule has 0 aliphatic heterocycles. The van der Waals surface area contributed by atoms with Crippen molar-refractivity contribution in [2.24, 2.45) is 0 Å². The van der Waals surface area contributed by atoms with Crippen molar-refractivity contribution in [1.29, 1.82) is 0 Å². The Bertz CT molecular complexity index is 476. The Labute approximate surface area is 118 Å². The van der Waals surface area contributed by atoms with E-state index in [1.54, 1.807) is 21.1 Å². The molecule has 20 heavy (non-hydrogen) atoms. The minimum absolute atomic E-state index is 0.300. The van der Waals surface area contributed by atoms with Gasteiger partial charge in [0.05, 0.1) is 13.7 Å². The average Bonchev–Trinajstić information content (AvgIpc) is 2.44. The molecule has 0 fully saturated rings. The number of carboxylic acid groups (broad SMARTS) is 1. The van der Waals surface area contributed by atoms with Gasteiger partial charge in [0.2, 0.25) is 0 Å². The summed E-state index contributed by atoms with van der Waals surface area (Å²) < 4.78 is 5.23. The van der Waals surface area contributed by atoms with Gasteiger partial charge < -0.3 is 19.6 Å². The van der Waals surface area contributed by atoms with Crippen LogP contribution in [0, 0.1) is 0 Å². The Morgan fingerprint density at radius 3 is 2.50 bits per heavy atom. The van der Waals surface area contributed by atoms with Crippen molar-refractivity contribution >= 4 is 12.0 Å². The molecule has 2 amide bonds. The second-order valence-electron chi connectivity index (χ2n) is 4.36. The van der Waals surface area contributed by atoms with E-state index in [1.165, 1.54) is 9.80 Å². The van der Waals surface area contributed by atoms with Crippen LogP contribution in [0.5, 0.6) is 5.75 Å². The van der Waals surface area contributed by atoms with E-state index < -0.39 is 5.97 Å². The number of aliphatic carboxylic acids is 1. The third-order valence-corrected chi connectivity index (χ3v) is 2.90. The first kappa shape index (κ1) is 15.8. The number of hydrogen-bond donors (Lipinski definition) is 1. The van der Waals surface area contributed by atoms with Gasteiger partial charge in [0, 0.05) is 19.2 Å². The van der Waals surface area contributed by atoms with Crippen LogP contribution in [0.1, 0.15) is 12.5 Å². The zero-order valence-electron chi connectivity index (χ0n) is 12.0. The van der Waals surface area contributed by atoms with Gasteiger partial charge in [-0.15, -0.1) is 0 Å². The van der Waals surface area contributed by atoms with Gasteiger partial charge >= 0.3 is 12.0 Å². The number of para-hydroxylation sites is 1. The molecule has 1 aromatic carbocycles. The smallest absolute Gasteiger partial charge is 0.323 e. The molecule has 1 aromatic rings. The molecule has 0 aromatic heterocycles. The third-order valence-electron chi connectivity index (χ3n) is 2.90. The number of amides is 2. The first-order valence-corrected chi connectivity index (χ1v) is 6.33.